The van der Waals surface area contributed by atoms with Crippen molar-refractivity contribution in [2.24, 2.45) is 0 Å². The van der Waals surface area contributed by atoms with Crippen molar-refractivity contribution >= 4 is 16.8 Å². The molecule has 1 aliphatic rings. The highest BCUT2D eigenvalue weighted by atomic mass is 32.2. The van der Waals surface area contributed by atoms with E-state index in [0.29, 0.717) is 36.0 Å². The van der Waals surface area contributed by atoms with E-state index in [9.17, 15) is 9.00 Å². The second kappa shape index (κ2) is 6.06. The van der Waals surface area contributed by atoms with Gasteiger partial charge in [-0.15, -0.1) is 0 Å². The molecule has 1 aromatic rings. The number of aliphatic carboxylic acids is 1. The second-order valence-electron chi connectivity index (χ2n) is 4.19. The van der Waals surface area contributed by atoms with Gasteiger partial charge in [0.25, 0.3) is 0 Å². The molecule has 104 valence electrons. The average molecular weight is 284 g/mol. The number of carboxylic acids is 1. The van der Waals surface area contributed by atoms with Crippen LogP contribution >= 0.6 is 0 Å². The van der Waals surface area contributed by atoms with Crippen molar-refractivity contribution in [2.75, 3.05) is 13.2 Å². The van der Waals surface area contributed by atoms with E-state index >= 15 is 0 Å². The molecule has 0 saturated carbocycles. The number of carbonyl (C=O) groups is 1. The first kappa shape index (κ1) is 13.9. The molecule has 1 heterocycles. The summed E-state index contributed by atoms with van der Waals surface area (Å²) in [5.74, 6) is 0.0955. The van der Waals surface area contributed by atoms with Crippen LogP contribution in [0.15, 0.2) is 23.1 Å². The van der Waals surface area contributed by atoms with Gasteiger partial charge in [0, 0.05) is 17.4 Å². The highest BCUT2D eigenvalue weighted by Gasteiger charge is 2.25. The van der Waals surface area contributed by atoms with Crippen molar-refractivity contribution in [2.45, 2.75) is 29.9 Å². The number of carboxylic acid groups (broad SMARTS) is 1. The van der Waals surface area contributed by atoms with Crippen molar-refractivity contribution in [3.05, 3.63) is 18.2 Å². The first-order valence-electron chi connectivity index (χ1n) is 6.16. The number of benzene rings is 1. The largest absolute Gasteiger partial charge is 0.490 e. The molecule has 2 atom stereocenters. The van der Waals surface area contributed by atoms with Gasteiger partial charge in [0.2, 0.25) is 0 Å². The average Bonchev–Trinajstić information content (AvgIpc) is 2.63. The minimum atomic E-state index is -1.59. The summed E-state index contributed by atoms with van der Waals surface area (Å²) < 4.78 is 23.2. The van der Waals surface area contributed by atoms with Crippen LogP contribution < -0.4 is 9.47 Å². The van der Waals surface area contributed by atoms with Gasteiger partial charge in [0.15, 0.2) is 11.5 Å². The molecule has 0 amide bonds. The fourth-order valence-corrected chi connectivity index (χ4v) is 3.09. The molecule has 19 heavy (non-hydrogen) atoms. The predicted molar refractivity (Wildman–Crippen MR) is 70.2 cm³/mol. The number of hydrogen-bond donors (Lipinski definition) is 1. The van der Waals surface area contributed by atoms with Crippen molar-refractivity contribution in [1.29, 1.82) is 0 Å². The van der Waals surface area contributed by atoms with E-state index in [1.165, 1.54) is 0 Å². The van der Waals surface area contributed by atoms with Crippen LogP contribution in [0.25, 0.3) is 0 Å². The highest BCUT2D eigenvalue weighted by Crippen LogP contribution is 2.32. The minimum Gasteiger partial charge on any atom is -0.490 e. The lowest BCUT2D eigenvalue weighted by Crippen LogP contribution is -2.24. The van der Waals surface area contributed by atoms with E-state index < -0.39 is 22.0 Å². The second-order valence-corrected chi connectivity index (χ2v) is 5.83. The van der Waals surface area contributed by atoms with Crippen LogP contribution in [0, 0.1) is 0 Å². The maximum Gasteiger partial charge on any atom is 0.319 e. The van der Waals surface area contributed by atoms with Crippen LogP contribution in [0.3, 0.4) is 0 Å². The summed E-state index contributed by atoms with van der Waals surface area (Å²) in [5, 5.41) is 8.14. The topological polar surface area (TPSA) is 72.8 Å². The lowest BCUT2D eigenvalue weighted by molar-refractivity contribution is -0.136. The molecule has 0 spiro atoms. The van der Waals surface area contributed by atoms with Gasteiger partial charge in [-0.3, -0.25) is 9.00 Å². The highest BCUT2D eigenvalue weighted by molar-refractivity contribution is 7.86. The first-order chi connectivity index (χ1) is 9.13. The Balaban J connectivity index is 2.28. The lowest BCUT2D eigenvalue weighted by Gasteiger charge is -2.12. The Kier molecular flexibility index (Phi) is 4.42. The maximum atomic E-state index is 12.2. The Bertz CT molecular complexity index is 500. The molecule has 2 rings (SSSR count). The Morgan fingerprint density at radius 1 is 1.37 bits per heavy atom. The van der Waals surface area contributed by atoms with E-state index in [2.05, 4.69) is 0 Å². The smallest absolute Gasteiger partial charge is 0.319 e. The Morgan fingerprint density at radius 2 is 2.05 bits per heavy atom. The molecule has 0 bridgehead atoms. The minimum absolute atomic E-state index is 0.316. The SMILES string of the molecule is CCC(C(=O)O)S(=O)c1ccc2c(c1)OCCCO2. The third kappa shape index (κ3) is 3.07. The van der Waals surface area contributed by atoms with E-state index in [0.717, 1.165) is 6.42 Å². The molecule has 0 fully saturated rings. The molecule has 0 radical (unpaired) electrons. The Morgan fingerprint density at radius 3 is 2.68 bits per heavy atom. The molecule has 6 heteroatoms. The molecular formula is C13H16O5S. The zero-order valence-electron chi connectivity index (χ0n) is 10.6. The van der Waals surface area contributed by atoms with Gasteiger partial charge in [0.05, 0.1) is 24.0 Å². The van der Waals surface area contributed by atoms with Gasteiger partial charge in [-0.1, -0.05) is 6.92 Å². The van der Waals surface area contributed by atoms with Crippen molar-refractivity contribution < 1.29 is 23.6 Å². The molecule has 2 unspecified atom stereocenters. The molecule has 1 aromatic carbocycles. The standard InChI is InChI=1S/C13H16O5S/c1-2-12(13(14)15)19(16)9-4-5-10-11(8-9)18-7-3-6-17-10/h4-5,8,12H,2-3,6-7H2,1H3,(H,14,15). The molecular weight excluding hydrogens is 268 g/mol. The quantitative estimate of drug-likeness (QED) is 0.913. The maximum absolute atomic E-state index is 12.2. The summed E-state index contributed by atoms with van der Waals surface area (Å²) in [6, 6.07) is 4.93. The summed E-state index contributed by atoms with van der Waals surface area (Å²) >= 11 is 0. The van der Waals surface area contributed by atoms with Crippen molar-refractivity contribution in [3.8, 4) is 11.5 Å². The van der Waals surface area contributed by atoms with Crippen molar-refractivity contribution in [3.63, 3.8) is 0 Å². The number of fused-ring (bicyclic) bond motifs is 1. The third-order valence-electron chi connectivity index (χ3n) is 2.86. The fraction of sp³-hybridized carbons (Fsp3) is 0.462. The van der Waals surface area contributed by atoms with Crippen molar-refractivity contribution in [1.82, 2.24) is 0 Å². The summed E-state index contributed by atoms with van der Waals surface area (Å²) in [4.78, 5) is 11.5. The normalized spacial score (nSPS) is 17.3. The van der Waals surface area contributed by atoms with Crippen LogP contribution in [-0.4, -0.2) is 33.7 Å². The predicted octanol–water partition coefficient (Wildman–Crippen LogP) is 1.82. The van der Waals surface area contributed by atoms with E-state index in [1.807, 2.05) is 0 Å². The first-order valence-corrected chi connectivity index (χ1v) is 7.37. The van der Waals surface area contributed by atoms with Crippen LogP contribution in [0.2, 0.25) is 0 Å². The number of rotatable bonds is 4. The van der Waals surface area contributed by atoms with E-state index in [-0.39, 0.29) is 0 Å². The summed E-state index contributed by atoms with van der Waals surface area (Å²) in [7, 11) is -1.59. The monoisotopic (exact) mass is 284 g/mol. The van der Waals surface area contributed by atoms with Gasteiger partial charge >= 0.3 is 5.97 Å². The molecule has 0 aromatic heterocycles. The molecule has 0 aliphatic carbocycles. The van der Waals surface area contributed by atoms with Gasteiger partial charge < -0.3 is 14.6 Å². The van der Waals surface area contributed by atoms with Crippen LogP contribution in [0.1, 0.15) is 19.8 Å². The van der Waals surface area contributed by atoms with E-state index in [4.69, 9.17) is 14.6 Å². The summed E-state index contributed by atoms with van der Waals surface area (Å²) in [5.41, 5.74) is 0. The van der Waals surface area contributed by atoms with Gasteiger partial charge in [-0.05, 0) is 18.6 Å². The fourth-order valence-electron chi connectivity index (χ4n) is 1.85. The van der Waals surface area contributed by atoms with Gasteiger partial charge in [0.1, 0.15) is 5.25 Å². The zero-order valence-corrected chi connectivity index (χ0v) is 11.4. The van der Waals surface area contributed by atoms with Crippen LogP contribution in [0.5, 0.6) is 11.5 Å². The van der Waals surface area contributed by atoms with Gasteiger partial charge in [-0.2, -0.15) is 0 Å². The van der Waals surface area contributed by atoms with Gasteiger partial charge in [-0.25, -0.2) is 0 Å². The molecule has 1 aliphatic heterocycles. The molecule has 0 saturated heterocycles. The van der Waals surface area contributed by atoms with E-state index in [1.54, 1.807) is 25.1 Å². The third-order valence-corrected chi connectivity index (χ3v) is 4.63. The molecule has 5 nitrogen and oxygen atoms in total. The zero-order chi connectivity index (χ0) is 13.8. The Labute approximate surface area is 114 Å². The number of ether oxygens (including phenoxy) is 2. The van der Waals surface area contributed by atoms with Crippen LogP contribution in [0.4, 0.5) is 0 Å². The molecule has 1 N–H and O–H groups in total. The summed E-state index contributed by atoms with van der Waals surface area (Å²) in [6.07, 6.45) is 1.11. The van der Waals surface area contributed by atoms with Crippen LogP contribution in [-0.2, 0) is 15.6 Å². The number of hydrogen-bond acceptors (Lipinski definition) is 4. The summed E-state index contributed by atoms with van der Waals surface area (Å²) in [6.45, 7) is 2.83. The lowest BCUT2D eigenvalue weighted by atomic mass is 10.3. The Hall–Kier alpha value is -1.56.